The molecule has 8 rings (SSSR count). The Bertz CT molecular complexity index is 2410. The molecule has 0 radical (unpaired) electrons. The summed E-state index contributed by atoms with van der Waals surface area (Å²) in [5, 5.41) is 9.00. The summed E-state index contributed by atoms with van der Waals surface area (Å²) < 4.78 is 105. The van der Waals surface area contributed by atoms with Gasteiger partial charge in [-0.05, 0) is 37.1 Å². The van der Waals surface area contributed by atoms with E-state index in [0.717, 1.165) is 18.6 Å². The van der Waals surface area contributed by atoms with Gasteiger partial charge in [0.25, 0.3) is 0 Å². The SMILES string of the molecule is C#C[C@H](c1cccnc1N)N1CCOc2c(C(F)(F)F)c(-c3ccc(F)c4sc(N)c(C#N)c34)c(F)c3nc(OC[C@@]45CCCN4C[C@H](F)C5)nc1c23. The molecule has 53 heavy (non-hydrogen) atoms. The van der Waals surface area contributed by atoms with Crippen LogP contribution in [0.1, 0.15) is 42.0 Å². The first-order chi connectivity index (χ1) is 25.4. The molecule has 10 nitrogen and oxygen atoms in total. The zero-order valence-electron chi connectivity index (χ0n) is 27.6. The second-order valence-corrected chi connectivity index (χ2v) is 14.2. The van der Waals surface area contributed by atoms with Crippen molar-refractivity contribution < 1.29 is 35.8 Å². The standard InChI is InChI=1S/C36H28F6N8O2S/c1-2-22(18-5-3-9-46-31(18)44)50-11-12-51-29-25-28(47-34(48-33(25)50)52-16-35-8-4-10-49(35)15-17(37)13-35)27(39)24(26(29)36(40,41)42)19-6-7-21(38)30-23(19)20(14-43)32(45)53-30/h1,3,5-7,9,17,22H,4,8,10-13,15-16,45H2,(H2,44,46)/t17-,22-,35+/m1/s1. The minimum absolute atomic E-state index is 0.0474. The fourth-order valence-electron chi connectivity index (χ4n) is 7.97. The van der Waals surface area contributed by atoms with Gasteiger partial charge in [-0.1, -0.05) is 18.1 Å². The molecule has 0 saturated carbocycles. The van der Waals surface area contributed by atoms with Crippen molar-refractivity contribution in [1.82, 2.24) is 19.9 Å². The molecular formula is C36H28F6N8O2S. The third-order valence-corrected chi connectivity index (χ3v) is 11.2. The first kappa shape index (κ1) is 34.6. The molecule has 6 heterocycles. The molecule has 3 atom stereocenters. The van der Waals surface area contributed by atoms with E-state index in [1.165, 1.54) is 11.1 Å². The number of hydrogen-bond acceptors (Lipinski definition) is 11. The Hall–Kier alpha value is -5.52. The molecule has 2 saturated heterocycles. The van der Waals surface area contributed by atoms with Crippen molar-refractivity contribution in [2.45, 2.75) is 43.2 Å². The zero-order valence-corrected chi connectivity index (χ0v) is 28.4. The monoisotopic (exact) mass is 750 g/mol. The van der Waals surface area contributed by atoms with Crippen LogP contribution in [-0.2, 0) is 6.18 Å². The van der Waals surface area contributed by atoms with Gasteiger partial charge in [0.1, 0.15) is 70.8 Å². The van der Waals surface area contributed by atoms with Gasteiger partial charge in [-0.25, -0.2) is 18.2 Å². The summed E-state index contributed by atoms with van der Waals surface area (Å²) in [6.45, 7) is 0.251. The van der Waals surface area contributed by atoms with Crippen molar-refractivity contribution in [3.8, 4) is 41.3 Å². The molecule has 3 aliphatic heterocycles. The highest BCUT2D eigenvalue weighted by molar-refractivity contribution is 7.23. The number of anilines is 3. The van der Waals surface area contributed by atoms with Crippen molar-refractivity contribution in [3.63, 3.8) is 0 Å². The number of pyridine rings is 1. The van der Waals surface area contributed by atoms with Gasteiger partial charge in [-0.15, -0.1) is 17.8 Å². The van der Waals surface area contributed by atoms with Crippen LogP contribution in [0.3, 0.4) is 0 Å². The number of nitrogens with zero attached hydrogens (tertiary/aromatic N) is 6. The normalized spacial score (nSPS) is 20.5. The fraction of sp³-hybridized carbons (Fsp3) is 0.333. The lowest BCUT2D eigenvalue weighted by Crippen LogP contribution is -2.43. The van der Waals surface area contributed by atoms with Gasteiger partial charge in [-0.2, -0.15) is 28.4 Å². The number of ether oxygens (including phenoxy) is 2. The summed E-state index contributed by atoms with van der Waals surface area (Å²) >= 11 is 0.650. The number of thiophene rings is 1. The zero-order chi connectivity index (χ0) is 37.4. The second-order valence-electron chi connectivity index (χ2n) is 13.1. The highest BCUT2D eigenvalue weighted by Gasteiger charge is 2.50. The first-order valence-corrected chi connectivity index (χ1v) is 17.3. The average molecular weight is 751 g/mol. The van der Waals surface area contributed by atoms with Crippen LogP contribution in [0.25, 0.3) is 32.1 Å². The Morgan fingerprint density at radius 1 is 1.17 bits per heavy atom. The minimum atomic E-state index is -5.27. The van der Waals surface area contributed by atoms with Gasteiger partial charge in [0, 0.05) is 35.7 Å². The number of fused-ring (bicyclic) bond motifs is 2. The van der Waals surface area contributed by atoms with E-state index in [4.69, 9.17) is 27.4 Å². The lowest BCUT2D eigenvalue weighted by Gasteiger charge is -2.31. The Kier molecular flexibility index (Phi) is 8.19. The fourth-order valence-corrected chi connectivity index (χ4v) is 8.92. The van der Waals surface area contributed by atoms with Crippen LogP contribution in [0.4, 0.5) is 43.0 Å². The Balaban J connectivity index is 1.43. The second kappa shape index (κ2) is 12.6. The van der Waals surface area contributed by atoms with E-state index in [2.05, 4.69) is 20.9 Å². The molecule has 2 aromatic carbocycles. The highest BCUT2D eigenvalue weighted by Crippen LogP contribution is 2.54. The molecule has 4 N–H and O–H groups in total. The number of halogens is 6. The topological polar surface area (TPSA) is 139 Å². The van der Waals surface area contributed by atoms with Crippen molar-refractivity contribution in [2.24, 2.45) is 0 Å². The summed E-state index contributed by atoms with van der Waals surface area (Å²) in [5.74, 6) is -0.726. The lowest BCUT2D eigenvalue weighted by molar-refractivity contribution is -0.138. The third kappa shape index (κ3) is 5.40. The quantitative estimate of drug-likeness (QED) is 0.141. The van der Waals surface area contributed by atoms with E-state index in [0.29, 0.717) is 29.9 Å². The van der Waals surface area contributed by atoms with E-state index >= 15 is 22.0 Å². The Labute approximate surface area is 301 Å². The molecule has 3 aromatic heterocycles. The minimum Gasteiger partial charge on any atom is -0.490 e. The van der Waals surface area contributed by atoms with E-state index in [-0.39, 0.29) is 58.4 Å². The summed E-state index contributed by atoms with van der Waals surface area (Å²) in [6.07, 6.45) is 2.72. The summed E-state index contributed by atoms with van der Waals surface area (Å²) in [4.78, 5) is 16.4. The molecule has 17 heteroatoms. The number of alkyl halides is 4. The predicted octanol–water partition coefficient (Wildman–Crippen LogP) is 6.77. The van der Waals surface area contributed by atoms with Crippen LogP contribution in [0.15, 0.2) is 30.5 Å². The van der Waals surface area contributed by atoms with Crippen molar-refractivity contribution in [1.29, 1.82) is 5.26 Å². The third-order valence-electron chi connectivity index (χ3n) is 10.2. The van der Waals surface area contributed by atoms with Crippen LogP contribution in [0.2, 0.25) is 0 Å². The maximum atomic E-state index is 17.4. The maximum Gasteiger partial charge on any atom is 0.420 e. The summed E-state index contributed by atoms with van der Waals surface area (Å²) in [7, 11) is 0. The predicted molar refractivity (Wildman–Crippen MR) is 186 cm³/mol. The molecule has 0 unspecified atom stereocenters. The number of terminal acetylenes is 1. The van der Waals surface area contributed by atoms with Crippen molar-refractivity contribution in [2.75, 3.05) is 49.2 Å². The van der Waals surface area contributed by atoms with Crippen LogP contribution >= 0.6 is 11.3 Å². The van der Waals surface area contributed by atoms with Crippen molar-refractivity contribution >= 4 is 49.0 Å². The molecule has 272 valence electrons. The van der Waals surface area contributed by atoms with Crippen LogP contribution in [0.5, 0.6) is 11.8 Å². The van der Waals surface area contributed by atoms with E-state index < -0.39 is 81.5 Å². The number of rotatable bonds is 6. The van der Waals surface area contributed by atoms with Gasteiger partial charge >= 0.3 is 12.2 Å². The molecule has 0 amide bonds. The number of aromatic nitrogens is 3. The van der Waals surface area contributed by atoms with Gasteiger partial charge in [0.05, 0.1) is 27.7 Å². The van der Waals surface area contributed by atoms with Crippen LogP contribution < -0.4 is 25.8 Å². The van der Waals surface area contributed by atoms with Gasteiger partial charge < -0.3 is 25.8 Å². The van der Waals surface area contributed by atoms with Crippen molar-refractivity contribution in [3.05, 3.63) is 58.8 Å². The smallest absolute Gasteiger partial charge is 0.420 e. The average Bonchev–Trinajstić information content (AvgIpc) is 3.72. The number of nitrogens with two attached hydrogens (primary N) is 2. The van der Waals surface area contributed by atoms with E-state index in [1.807, 2.05) is 11.0 Å². The molecule has 2 fully saturated rings. The van der Waals surface area contributed by atoms with Crippen LogP contribution in [0, 0.1) is 35.3 Å². The van der Waals surface area contributed by atoms with Gasteiger partial charge in [0.2, 0.25) is 0 Å². The highest BCUT2D eigenvalue weighted by atomic mass is 32.1. The molecule has 3 aliphatic rings. The molecular weight excluding hydrogens is 723 g/mol. The number of hydrogen-bond donors (Lipinski definition) is 2. The summed E-state index contributed by atoms with van der Waals surface area (Å²) in [6, 6.07) is 5.35. The molecule has 0 spiro atoms. The van der Waals surface area contributed by atoms with Gasteiger partial charge in [0.15, 0.2) is 5.82 Å². The number of benzene rings is 2. The molecule has 0 bridgehead atoms. The summed E-state index contributed by atoms with van der Waals surface area (Å²) in [5.41, 5.74) is 7.86. The first-order valence-electron chi connectivity index (χ1n) is 16.5. The number of nitriles is 1. The molecule has 5 aromatic rings. The maximum absolute atomic E-state index is 17.4. The van der Waals surface area contributed by atoms with Crippen LogP contribution in [-0.4, -0.2) is 64.4 Å². The Morgan fingerprint density at radius 3 is 2.72 bits per heavy atom. The molecule has 0 aliphatic carbocycles. The van der Waals surface area contributed by atoms with E-state index in [9.17, 15) is 9.65 Å². The van der Waals surface area contributed by atoms with E-state index in [1.54, 1.807) is 12.1 Å². The number of nitrogen functional groups attached to an aromatic ring is 2. The van der Waals surface area contributed by atoms with Gasteiger partial charge in [-0.3, -0.25) is 4.90 Å². The largest absolute Gasteiger partial charge is 0.490 e. The lowest BCUT2D eigenvalue weighted by atomic mass is 9.91. The Morgan fingerprint density at radius 2 is 1.98 bits per heavy atom.